The molecule has 4 heteroatoms. The first-order valence-corrected chi connectivity index (χ1v) is 7.48. The lowest BCUT2D eigenvalue weighted by Crippen LogP contribution is -2.35. The molecule has 0 aromatic carbocycles. The first-order valence-electron chi connectivity index (χ1n) is 7.48. The molecule has 1 aromatic rings. The molecule has 0 spiro atoms. The average Bonchev–Trinajstić information content (AvgIpc) is 2.86. The van der Waals surface area contributed by atoms with E-state index in [1.807, 2.05) is 13.1 Å². The van der Waals surface area contributed by atoms with Crippen LogP contribution < -0.4 is 10.2 Å². The maximum absolute atomic E-state index is 9.65. The molecule has 0 bridgehead atoms. The molecule has 0 radical (unpaired) electrons. The first-order chi connectivity index (χ1) is 9.35. The zero-order valence-electron chi connectivity index (χ0n) is 13.1. The Morgan fingerprint density at radius 3 is 2.70 bits per heavy atom. The molecular weight excluding hydrogens is 250 g/mol. The molecule has 4 nitrogen and oxygen atoms in total. The maximum atomic E-state index is 9.65. The smallest absolute Gasteiger partial charge is 0.128 e. The number of anilines is 1. The van der Waals surface area contributed by atoms with Crippen LogP contribution in [0.4, 0.5) is 5.82 Å². The predicted octanol–water partition coefficient (Wildman–Crippen LogP) is 2.18. The van der Waals surface area contributed by atoms with E-state index in [2.05, 4.69) is 48.1 Å². The Labute approximate surface area is 122 Å². The second-order valence-corrected chi connectivity index (χ2v) is 6.86. The highest BCUT2D eigenvalue weighted by Crippen LogP contribution is 2.24. The molecule has 2 unspecified atom stereocenters. The third-order valence-electron chi connectivity index (χ3n) is 3.86. The third-order valence-corrected chi connectivity index (χ3v) is 3.86. The van der Waals surface area contributed by atoms with E-state index < -0.39 is 0 Å². The Kier molecular flexibility index (Phi) is 4.66. The van der Waals surface area contributed by atoms with Crippen molar-refractivity contribution in [2.45, 2.75) is 52.3 Å². The van der Waals surface area contributed by atoms with Crippen LogP contribution in [0.3, 0.4) is 0 Å². The summed E-state index contributed by atoms with van der Waals surface area (Å²) in [5, 5.41) is 13.1. The molecule has 20 heavy (non-hydrogen) atoms. The van der Waals surface area contributed by atoms with E-state index in [1.165, 1.54) is 5.56 Å². The van der Waals surface area contributed by atoms with Crippen LogP contribution in [-0.2, 0) is 6.54 Å². The number of aliphatic hydroxyl groups is 1. The van der Waals surface area contributed by atoms with E-state index in [9.17, 15) is 5.11 Å². The molecule has 1 aliphatic heterocycles. The molecular formula is C16H27N3O. The van der Waals surface area contributed by atoms with Gasteiger partial charge in [-0.3, -0.25) is 0 Å². The highest BCUT2D eigenvalue weighted by Gasteiger charge is 2.26. The topological polar surface area (TPSA) is 48.4 Å². The molecule has 2 atom stereocenters. The molecule has 0 amide bonds. The predicted molar refractivity (Wildman–Crippen MR) is 82.8 cm³/mol. The summed E-state index contributed by atoms with van der Waals surface area (Å²) in [6, 6.07) is 4.22. The van der Waals surface area contributed by atoms with Crippen molar-refractivity contribution in [3.05, 3.63) is 23.9 Å². The van der Waals surface area contributed by atoms with Crippen molar-refractivity contribution < 1.29 is 5.11 Å². The number of hydrogen-bond donors (Lipinski definition) is 2. The van der Waals surface area contributed by atoms with Gasteiger partial charge in [0.15, 0.2) is 0 Å². The van der Waals surface area contributed by atoms with Crippen LogP contribution in [-0.4, -0.2) is 34.8 Å². The van der Waals surface area contributed by atoms with E-state index in [0.717, 1.165) is 31.9 Å². The van der Waals surface area contributed by atoms with Gasteiger partial charge in [0.2, 0.25) is 0 Å². The minimum absolute atomic E-state index is 0.123. The molecule has 1 aromatic heterocycles. The summed E-state index contributed by atoms with van der Waals surface area (Å²) in [5.74, 6) is 1.40. The summed E-state index contributed by atoms with van der Waals surface area (Å²) >= 11 is 0. The highest BCUT2D eigenvalue weighted by atomic mass is 16.3. The molecule has 0 aliphatic carbocycles. The monoisotopic (exact) mass is 277 g/mol. The molecule has 2 rings (SSSR count). The molecule has 0 saturated carbocycles. The largest absolute Gasteiger partial charge is 0.393 e. The number of pyridine rings is 1. The van der Waals surface area contributed by atoms with Gasteiger partial charge >= 0.3 is 0 Å². The summed E-state index contributed by atoms with van der Waals surface area (Å²) in [5.41, 5.74) is 1.33. The van der Waals surface area contributed by atoms with Crippen LogP contribution in [0.15, 0.2) is 18.3 Å². The van der Waals surface area contributed by atoms with Crippen molar-refractivity contribution in [2.24, 2.45) is 5.92 Å². The van der Waals surface area contributed by atoms with Crippen LogP contribution in [0, 0.1) is 5.92 Å². The van der Waals surface area contributed by atoms with Crippen molar-refractivity contribution in [3.8, 4) is 0 Å². The maximum Gasteiger partial charge on any atom is 0.128 e. The molecule has 2 heterocycles. The summed E-state index contributed by atoms with van der Waals surface area (Å²) < 4.78 is 0. The number of aliphatic hydroxyl groups excluding tert-OH is 1. The van der Waals surface area contributed by atoms with Crippen LogP contribution in [0.5, 0.6) is 0 Å². The second kappa shape index (κ2) is 6.10. The summed E-state index contributed by atoms with van der Waals surface area (Å²) in [6.45, 7) is 11.1. The van der Waals surface area contributed by atoms with Crippen molar-refractivity contribution >= 4 is 5.82 Å². The van der Waals surface area contributed by atoms with Gasteiger partial charge in [-0.1, -0.05) is 6.07 Å². The third kappa shape index (κ3) is 4.18. The number of nitrogens with one attached hydrogen (secondary N) is 1. The van der Waals surface area contributed by atoms with E-state index in [0.29, 0.717) is 5.92 Å². The minimum atomic E-state index is -0.227. The average molecular weight is 277 g/mol. The van der Waals surface area contributed by atoms with Crippen molar-refractivity contribution in [3.63, 3.8) is 0 Å². The fraction of sp³-hybridized carbons (Fsp3) is 0.688. The lowest BCUT2D eigenvalue weighted by Gasteiger charge is -2.21. The highest BCUT2D eigenvalue weighted by molar-refractivity contribution is 5.40. The van der Waals surface area contributed by atoms with E-state index in [-0.39, 0.29) is 11.6 Å². The zero-order valence-corrected chi connectivity index (χ0v) is 13.1. The van der Waals surface area contributed by atoms with Gasteiger partial charge in [0.05, 0.1) is 6.10 Å². The van der Waals surface area contributed by atoms with E-state index in [4.69, 9.17) is 0 Å². The van der Waals surface area contributed by atoms with E-state index >= 15 is 0 Å². The van der Waals surface area contributed by atoms with Crippen LogP contribution in [0.2, 0.25) is 0 Å². The first kappa shape index (κ1) is 15.3. The summed E-state index contributed by atoms with van der Waals surface area (Å²) in [7, 11) is 0. The summed E-state index contributed by atoms with van der Waals surface area (Å²) in [6.07, 6.45) is 2.77. The Morgan fingerprint density at radius 1 is 1.45 bits per heavy atom. The molecule has 1 aliphatic rings. The number of hydrogen-bond acceptors (Lipinski definition) is 4. The van der Waals surface area contributed by atoms with Gasteiger partial charge in [-0.05, 0) is 45.7 Å². The number of nitrogens with zero attached hydrogens (tertiary/aromatic N) is 2. The normalized spacial score (nSPS) is 21.2. The Morgan fingerprint density at radius 2 is 2.20 bits per heavy atom. The molecule has 1 fully saturated rings. The number of aromatic nitrogens is 1. The van der Waals surface area contributed by atoms with Gasteiger partial charge in [0.1, 0.15) is 5.82 Å². The van der Waals surface area contributed by atoms with Gasteiger partial charge in [0.25, 0.3) is 0 Å². The molecule has 2 N–H and O–H groups in total. The second-order valence-electron chi connectivity index (χ2n) is 6.86. The van der Waals surface area contributed by atoms with Gasteiger partial charge < -0.3 is 15.3 Å². The van der Waals surface area contributed by atoms with Gasteiger partial charge in [-0.15, -0.1) is 0 Å². The van der Waals surface area contributed by atoms with Crippen LogP contribution >= 0.6 is 0 Å². The lowest BCUT2D eigenvalue weighted by molar-refractivity contribution is 0.136. The number of rotatable bonds is 4. The molecule has 1 saturated heterocycles. The molecule has 112 valence electrons. The zero-order chi connectivity index (χ0) is 14.8. The standard InChI is InChI=1S/C16H27N3O/c1-12(20)14-7-8-19(11-14)15-6-5-13(9-17-15)10-18-16(2,3)4/h5-6,9,12,14,18,20H,7-8,10-11H2,1-4H3. The quantitative estimate of drug-likeness (QED) is 0.885. The SMILES string of the molecule is CC(O)C1CCN(c2ccc(CNC(C)(C)C)cn2)C1. The van der Waals surface area contributed by atoms with Crippen molar-refractivity contribution in [2.75, 3.05) is 18.0 Å². The Hall–Kier alpha value is -1.13. The summed E-state index contributed by atoms with van der Waals surface area (Å²) in [4.78, 5) is 6.82. The van der Waals surface area contributed by atoms with Crippen LogP contribution in [0.1, 0.15) is 39.7 Å². The fourth-order valence-electron chi connectivity index (χ4n) is 2.46. The van der Waals surface area contributed by atoms with Gasteiger partial charge in [-0.25, -0.2) is 4.98 Å². The van der Waals surface area contributed by atoms with Crippen molar-refractivity contribution in [1.82, 2.24) is 10.3 Å². The van der Waals surface area contributed by atoms with Crippen molar-refractivity contribution in [1.29, 1.82) is 0 Å². The van der Waals surface area contributed by atoms with Gasteiger partial charge in [-0.2, -0.15) is 0 Å². The fourth-order valence-corrected chi connectivity index (χ4v) is 2.46. The van der Waals surface area contributed by atoms with Crippen LogP contribution in [0.25, 0.3) is 0 Å². The van der Waals surface area contributed by atoms with E-state index in [1.54, 1.807) is 0 Å². The Bertz CT molecular complexity index is 422. The lowest BCUT2D eigenvalue weighted by atomic mass is 10.0. The van der Waals surface area contributed by atoms with Gasteiger partial charge in [0, 0.05) is 37.3 Å². The Balaban J connectivity index is 1.92. The minimum Gasteiger partial charge on any atom is -0.393 e.